The van der Waals surface area contributed by atoms with Gasteiger partial charge in [0.05, 0.1) is 4.92 Å². The maximum Gasteiger partial charge on any atom is 0.288 e. The molecule has 0 heterocycles. The van der Waals surface area contributed by atoms with Crippen LogP contribution in [0.1, 0.15) is 22.3 Å². The summed E-state index contributed by atoms with van der Waals surface area (Å²) in [5.74, 6) is 0. The summed E-state index contributed by atoms with van der Waals surface area (Å²) in [6.07, 6.45) is 0. The third-order valence-corrected chi connectivity index (χ3v) is 3.56. The topological polar surface area (TPSA) is 55.2 Å². The standard InChI is InChI=1S/C16H17ClN2O2/c1-10-4-11(2)6-13(5-10)9-18-15-8-14(17)16(19(20)21)7-12(15)3/h4-8,18H,9H2,1-3H3. The molecule has 0 saturated heterocycles. The number of halogens is 1. The molecule has 0 saturated carbocycles. The van der Waals surface area contributed by atoms with E-state index in [1.54, 1.807) is 6.07 Å². The van der Waals surface area contributed by atoms with Crippen LogP contribution in [0, 0.1) is 30.9 Å². The van der Waals surface area contributed by atoms with Gasteiger partial charge in [0.2, 0.25) is 0 Å². The molecule has 0 aliphatic heterocycles. The summed E-state index contributed by atoms with van der Waals surface area (Å²) in [6, 6.07) is 9.45. The molecule has 2 aromatic rings. The van der Waals surface area contributed by atoms with E-state index in [2.05, 4.69) is 37.4 Å². The fourth-order valence-corrected chi connectivity index (χ4v) is 2.60. The van der Waals surface area contributed by atoms with Crippen LogP contribution in [0.3, 0.4) is 0 Å². The van der Waals surface area contributed by atoms with Crippen molar-refractivity contribution in [3.63, 3.8) is 0 Å². The van der Waals surface area contributed by atoms with Crippen molar-refractivity contribution >= 4 is 23.0 Å². The predicted molar refractivity (Wildman–Crippen MR) is 86.1 cm³/mol. The van der Waals surface area contributed by atoms with E-state index in [-0.39, 0.29) is 10.7 Å². The van der Waals surface area contributed by atoms with Gasteiger partial charge in [-0.05, 0) is 38.0 Å². The molecule has 0 aliphatic rings. The van der Waals surface area contributed by atoms with Gasteiger partial charge in [0.25, 0.3) is 5.69 Å². The van der Waals surface area contributed by atoms with E-state index in [0.717, 1.165) is 11.3 Å². The van der Waals surface area contributed by atoms with Crippen LogP contribution in [0.15, 0.2) is 30.3 Å². The average Bonchev–Trinajstić information content (AvgIpc) is 2.38. The molecule has 0 aromatic heterocycles. The van der Waals surface area contributed by atoms with Gasteiger partial charge in [-0.2, -0.15) is 0 Å². The molecule has 1 N–H and O–H groups in total. The second-order valence-electron chi connectivity index (χ2n) is 5.23. The largest absolute Gasteiger partial charge is 0.381 e. The van der Waals surface area contributed by atoms with Crippen molar-refractivity contribution < 1.29 is 4.92 Å². The lowest BCUT2D eigenvalue weighted by atomic mass is 10.1. The van der Waals surface area contributed by atoms with Gasteiger partial charge in [0, 0.05) is 18.3 Å². The number of rotatable bonds is 4. The molecule has 0 radical (unpaired) electrons. The Kier molecular flexibility index (Phi) is 4.48. The quantitative estimate of drug-likeness (QED) is 0.653. The first-order valence-corrected chi connectivity index (χ1v) is 7.00. The number of nitro benzene ring substituents is 1. The Morgan fingerprint density at radius 3 is 2.29 bits per heavy atom. The van der Waals surface area contributed by atoms with Crippen molar-refractivity contribution in [1.29, 1.82) is 0 Å². The lowest BCUT2D eigenvalue weighted by Gasteiger charge is -2.11. The van der Waals surface area contributed by atoms with Crippen LogP contribution in [0.25, 0.3) is 0 Å². The zero-order valence-electron chi connectivity index (χ0n) is 12.2. The molecule has 0 amide bonds. The maximum absolute atomic E-state index is 10.8. The number of nitrogens with one attached hydrogen (secondary N) is 1. The second-order valence-corrected chi connectivity index (χ2v) is 5.63. The first kappa shape index (κ1) is 15.3. The van der Waals surface area contributed by atoms with E-state index in [1.165, 1.54) is 22.8 Å². The minimum Gasteiger partial charge on any atom is -0.381 e. The van der Waals surface area contributed by atoms with Crippen LogP contribution >= 0.6 is 11.6 Å². The van der Waals surface area contributed by atoms with Gasteiger partial charge in [-0.25, -0.2) is 0 Å². The molecular formula is C16H17ClN2O2. The van der Waals surface area contributed by atoms with Crippen LogP contribution in [0.4, 0.5) is 11.4 Å². The normalized spacial score (nSPS) is 10.5. The van der Waals surface area contributed by atoms with Crippen molar-refractivity contribution in [2.24, 2.45) is 0 Å². The Hall–Kier alpha value is -2.07. The van der Waals surface area contributed by atoms with E-state index < -0.39 is 4.92 Å². The zero-order valence-corrected chi connectivity index (χ0v) is 13.0. The zero-order chi connectivity index (χ0) is 15.6. The number of anilines is 1. The fraction of sp³-hybridized carbons (Fsp3) is 0.250. The first-order valence-electron chi connectivity index (χ1n) is 6.62. The predicted octanol–water partition coefficient (Wildman–Crippen LogP) is 4.79. The number of hydrogen-bond donors (Lipinski definition) is 1. The molecule has 0 atom stereocenters. The molecular weight excluding hydrogens is 288 g/mol. The molecule has 0 bridgehead atoms. The van der Waals surface area contributed by atoms with Crippen molar-refractivity contribution in [2.45, 2.75) is 27.3 Å². The minimum absolute atomic E-state index is 0.0638. The Morgan fingerprint density at radius 1 is 1.10 bits per heavy atom. The highest BCUT2D eigenvalue weighted by molar-refractivity contribution is 6.33. The highest BCUT2D eigenvalue weighted by atomic mass is 35.5. The molecule has 4 nitrogen and oxygen atoms in total. The second kappa shape index (κ2) is 6.14. The molecule has 5 heteroatoms. The number of nitrogens with zero attached hydrogens (tertiary/aromatic N) is 1. The average molecular weight is 305 g/mol. The molecule has 0 spiro atoms. The van der Waals surface area contributed by atoms with Crippen molar-refractivity contribution in [3.05, 3.63) is 67.7 Å². The third kappa shape index (κ3) is 3.73. The summed E-state index contributed by atoms with van der Waals surface area (Å²) in [4.78, 5) is 10.4. The molecule has 2 rings (SSSR count). The van der Waals surface area contributed by atoms with Gasteiger partial charge in [0.15, 0.2) is 0 Å². The first-order chi connectivity index (χ1) is 9.86. The highest BCUT2D eigenvalue weighted by Crippen LogP contribution is 2.30. The van der Waals surface area contributed by atoms with Crippen LogP contribution in [-0.2, 0) is 6.54 Å². The number of nitro groups is 1. The summed E-state index contributed by atoms with van der Waals surface area (Å²) in [7, 11) is 0. The summed E-state index contributed by atoms with van der Waals surface area (Å²) in [6.45, 7) is 6.60. The fourth-order valence-electron chi connectivity index (χ4n) is 2.36. The van der Waals surface area contributed by atoms with Crippen LogP contribution in [0.5, 0.6) is 0 Å². The number of aryl methyl sites for hydroxylation is 3. The monoisotopic (exact) mass is 304 g/mol. The van der Waals surface area contributed by atoms with Gasteiger partial charge < -0.3 is 5.32 Å². The molecule has 0 unspecified atom stereocenters. The summed E-state index contributed by atoms with van der Waals surface area (Å²) >= 11 is 5.95. The Morgan fingerprint density at radius 2 is 1.71 bits per heavy atom. The van der Waals surface area contributed by atoms with Gasteiger partial charge in [0.1, 0.15) is 5.02 Å². The molecule has 2 aromatic carbocycles. The van der Waals surface area contributed by atoms with Crippen molar-refractivity contribution in [2.75, 3.05) is 5.32 Å². The van der Waals surface area contributed by atoms with Gasteiger partial charge in [-0.15, -0.1) is 0 Å². The summed E-state index contributed by atoms with van der Waals surface area (Å²) in [5, 5.41) is 14.3. The van der Waals surface area contributed by atoms with Crippen molar-refractivity contribution in [1.82, 2.24) is 0 Å². The summed E-state index contributed by atoms with van der Waals surface area (Å²) in [5.41, 5.74) is 5.14. The van der Waals surface area contributed by atoms with E-state index >= 15 is 0 Å². The van der Waals surface area contributed by atoms with Gasteiger partial charge in [-0.3, -0.25) is 10.1 Å². The smallest absolute Gasteiger partial charge is 0.288 e. The van der Waals surface area contributed by atoms with Gasteiger partial charge >= 0.3 is 0 Å². The van der Waals surface area contributed by atoms with E-state index in [1.807, 2.05) is 6.92 Å². The van der Waals surface area contributed by atoms with Crippen LogP contribution in [-0.4, -0.2) is 4.92 Å². The number of hydrogen-bond acceptors (Lipinski definition) is 3. The SMILES string of the molecule is Cc1cc(C)cc(CNc2cc(Cl)c([N+](=O)[O-])cc2C)c1. The van der Waals surface area contributed by atoms with E-state index in [9.17, 15) is 10.1 Å². The Labute approximate surface area is 128 Å². The lowest BCUT2D eigenvalue weighted by Crippen LogP contribution is -2.02. The molecule has 0 aliphatic carbocycles. The van der Waals surface area contributed by atoms with E-state index in [4.69, 9.17) is 11.6 Å². The van der Waals surface area contributed by atoms with Crippen LogP contribution in [0.2, 0.25) is 5.02 Å². The Balaban J connectivity index is 2.20. The third-order valence-electron chi connectivity index (χ3n) is 3.25. The summed E-state index contributed by atoms with van der Waals surface area (Å²) < 4.78 is 0. The maximum atomic E-state index is 10.8. The lowest BCUT2D eigenvalue weighted by molar-refractivity contribution is -0.384. The molecule has 0 fully saturated rings. The molecule has 21 heavy (non-hydrogen) atoms. The van der Waals surface area contributed by atoms with Crippen LogP contribution < -0.4 is 5.32 Å². The van der Waals surface area contributed by atoms with E-state index in [0.29, 0.717) is 6.54 Å². The highest BCUT2D eigenvalue weighted by Gasteiger charge is 2.14. The number of benzene rings is 2. The Bertz CT molecular complexity index is 679. The van der Waals surface area contributed by atoms with Gasteiger partial charge in [-0.1, -0.05) is 40.9 Å². The van der Waals surface area contributed by atoms with Crippen molar-refractivity contribution in [3.8, 4) is 0 Å². The minimum atomic E-state index is -0.469. The molecule has 110 valence electrons.